The van der Waals surface area contributed by atoms with Crippen LogP contribution in [0, 0.1) is 23.0 Å². The highest BCUT2D eigenvalue weighted by Gasteiger charge is 2.24. The lowest BCUT2D eigenvalue weighted by Crippen LogP contribution is -2.43. The topological polar surface area (TPSA) is 115 Å². The van der Waals surface area contributed by atoms with Crippen molar-refractivity contribution in [3.63, 3.8) is 0 Å². The van der Waals surface area contributed by atoms with E-state index in [-0.39, 0.29) is 23.0 Å². The van der Waals surface area contributed by atoms with E-state index in [1.54, 1.807) is 6.92 Å². The van der Waals surface area contributed by atoms with Crippen LogP contribution >= 0.6 is 0 Å². The van der Waals surface area contributed by atoms with Crippen LogP contribution in [-0.4, -0.2) is 25.9 Å². The van der Waals surface area contributed by atoms with Crippen molar-refractivity contribution in [2.45, 2.75) is 31.7 Å². The molecule has 7 nitrogen and oxygen atoms in total. The van der Waals surface area contributed by atoms with Crippen molar-refractivity contribution in [1.82, 2.24) is 4.72 Å². The molecule has 1 atom stereocenters. The SMILES string of the molecule is Cc1ccc(S(=O)(=O)NC(CN)C(C)C)cc1[N+](=O)[O-]. The number of nitrogens with two attached hydrogens (primary N) is 1. The molecule has 0 aliphatic heterocycles. The van der Waals surface area contributed by atoms with Gasteiger partial charge in [-0.2, -0.15) is 0 Å². The fourth-order valence-electron chi connectivity index (χ4n) is 1.68. The molecule has 0 bridgehead atoms. The van der Waals surface area contributed by atoms with E-state index in [1.165, 1.54) is 12.1 Å². The molecule has 1 aromatic carbocycles. The minimum Gasteiger partial charge on any atom is -0.329 e. The quantitative estimate of drug-likeness (QED) is 0.604. The van der Waals surface area contributed by atoms with Crippen LogP contribution in [0.1, 0.15) is 19.4 Å². The summed E-state index contributed by atoms with van der Waals surface area (Å²) in [6.07, 6.45) is 0. The van der Waals surface area contributed by atoms with Gasteiger partial charge in [-0.05, 0) is 18.9 Å². The van der Waals surface area contributed by atoms with Crippen LogP contribution in [-0.2, 0) is 10.0 Å². The van der Waals surface area contributed by atoms with Gasteiger partial charge in [-0.15, -0.1) is 0 Å². The molecule has 0 fully saturated rings. The Labute approximate surface area is 118 Å². The van der Waals surface area contributed by atoms with Crippen molar-refractivity contribution < 1.29 is 13.3 Å². The van der Waals surface area contributed by atoms with E-state index < -0.39 is 21.0 Å². The summed E-state index contributed by atoms with van der Waals surface area (Å²) in [5.74, 6) is 0.0233. The van der Waals surface area contributed by atoms with E-state index in [0.717, 1.165) is 6.07 Å². The summed E-state index contributed by atoms with van der Waals surface area (Å²) in [6.45, 7) is 5.40. The molecular formula is C12H19N3O4S. The average Bonchev–Trinajstić information content (AvgIpc) is 2.35. The maximum atomic E-state index is 12.2. The maximum Gasteiger partial charge on any atom is 0.273 e. The number of sulfonamides is 1. The second kappa shape index (κ2) is 6.29. The smallest absolute Gasteiger partial charge is 0.273 e. The summed E-state index contributed by atoms with van der Waals surface area (Å²) in [5.41, 5.74) is 5.72. The van der Waals surface area contributed by atoms with Crippen LogP contribution in [0.2, 0.25) is 0 Å². The van der Waals surface area contributed by atoms with Gasteiger partial charge in [0.25, 0.3) is 5.69 Å². The molecule has 0 spiro atoms. The Hall–Kier alpha value is -1.51. The van der Waals surface area contributed by atoms with Crippen LogP contribution in [0.25, 0.3) is 0 Å². The van der Waals surface area contributed by atoms with Gasteiger partial charge in [0.15, 0.2) is 0 Å². The predicted molar refractivity (Wildman–Crippen MR) is 75.8 cm³/mol. The summed E-state index contributed by atoms with van der Waals surface area (Å²) >= 11 is 0. The number of nitrogens with zero attached hydrogens (tertiary/aromatic N) is 1. The molecule has 0 radical (unpaired) electrons. The van der Waals surface area contributed by atoms with Crippen molar-refractivity contribution in [3.8, 4) is 0 Å². The molecule has 0 amide bonds. The zero-order valence-corrected chi connectivity index (χ0v) is 12.5. The van der Waals surface area contributed by atoms with Crippen LogP contribution in [0.4, 0.5) is 5.69 Å². The Morgan fingerprint density at radius 3 is 2.45 bits per heavy atom. The molecule has 0 saturated heterocycles. The number of hydrogen-bond donors (Lipinski definition) is 2. The third-order valence-electron chi connectivity index (χ3n) is 3.05. The van der Waals surface area contributed by atoms with Crippen LogP contribution < -0.4 is 10.5 Å². The number of nitro groups is 1. The first kappa shape index (κ1) is 16.5. The van der Waals surface area contributed by atoms with E-state index in [4.69, 9.17) is 5.73 Å². The number of benzene rings is 1. The van der Waals surface area contributed by atoms with Gasteiger partial charge in [-0.1, -0.05) is 19.9 Å². The third-order valence-corrected chi connectivity index (χ3v) is 4.54. The highest BCUT2D eigenvalue weighted by Crippen LogP contribution is 2.22. The lowest BCUT2D eigenvalue weighted by molar-refractivity contribution is -0.385. The van der Waals surface area contributed by atoms with Crippen molar-refractivity contribution in [3.05, 3.63) is 33.9 Å². The molecule has 20 heavy (non-hydrogen) atoms. The summed E-state index contributed by atoms with van der Waals surface area (Å²) in [4.78, 5) is 10.1. The molecule has 0 saturated carbocycles. The second-order valence-electron chi connectivity index (χ2n) is 4.91. The normalized spacial score (nSPS) is 13.4. The molecule has 112 valence electrons. The van der Waals surface area contributed by atoms with Gasteiger partial charge in [0.1, 0.15) is 0 Å². The van der Waals surface area contributed by atoms with Crippen molar-refractivity contribution in [2.75, 3.05) is 6.54 Å². The van der Waals surface area contributed by atoms with Gasteiger partial charge < -0.3 is 5.73 Å². The lowest BCUT2D eigenvalue weighted by Gasteiger charge is -2.20. The summed E-state index contributed by atoms with van der Waals surface area (Å²) < 4.78 is 26.9. The first-order valence-electron chi connectivity index (χ1n) is 6.16. The summed E-state index contributed by atoms with van der Waals surface area (Å²) in [7, 11) is -3.82. The Morgan fingerprint density at radius 2 is 2.00 bits per heavy atom. The number of nitro benzene ring substituents is 1. The largest absolute Gasteiger partial charge is 0.329 e. The zero-order valence-electron chi connectivity index (χ0n) is 11.7. The van der Waals surface area contributed by atoms with Crippen LogP contribution in [0.3, 0.4) is 0 Å². The Bertz CT molecular complexity index is 599. The molecule has 1 rings (SSSR count). The predicted octanol–water partition coefficient (Wildman–Crippen LogP) is 1.16. The second-order valence-corrected chi connectivity index (χ2v) is 6.63. The Morgan fingerprint density at radius 1 is 1.40 bits per heavy atom. The first-order chi connectivity index (χ1) is 9.19. The standard InChI is InChI=1S/C12H19N3O4S/c1-8(2)11(7-13)14-20(18,19)10-5-4-9(3)12(6-10)15(16)17/h4-6,8,11,14H,7,13H2,1-3H3. The number of hydrogen-bond acceptors (Lipinski definition) is 5. The summed E-state index contributed by atoms with van der Waals surface area (Å²) in [5, 5.41) is 10.9. The first-order valence-corrected chi connectivity index (χ1v) is 7.64. The molecule has 0 aliphatic rings. The van der Waals surface area contributed by atoms with E-state index in [2.05, 4.69) is 4.72 Å². The average molecular weight is 301 g/mol. The highest BCUT2D eigenvalue weighted by atomic mass is 32.2. The van der Waals surface area contributed by atoms with Crippen LogP contribution in [0.15, 0.2) is 23.1 Å². The van der Waals surface area contributed by atoms with Crippen molar-refractivity contribution in [2.24, 2.45) is 11.7 Å². The molecule has 0 heterocycles. The van der Waals surface area contributed by atoms with E-state index in [9.17, 15) is 18.5 Å². The van der Waals surface area contributed by atoms with Gasteiger partial charge in [0, 0.05) is 24.2 Å². The monoisotopic (exact) mass is 301 g/mol. The number of rotatable bonds is 6. The molecule has 1 aromatic rings. The van der Waals surface area contributed by atoms with E-state index in [1.807, 2.05) is 13.8 Å². The minimum atomic E-state index is -3.82. The van der Waals surface area contributed by atoms with Gasteiger partial charge >= 0.3 is 0 Å². The molecule has 8 heteroatoms. The van der Waals surface area contributed by atoms with E-state index in [0.29, 0.717) is 5.56 Å². The fourth-order valence-corrected chi connectivity index (χ4v) is 3.09. The van der Waals surface area contributed by atoms with Gasteiger partial charge in [-0.3, -0.25) is 10.1 Å². The molecule has 1 unspecified atom stereocenters. The lowest BCUT2D eigenvalue weighted by atomic mass is 10.1. The van der Waals surface area contributed by atoms with Crippen molar-refractivity contribution in [1.29, 1.82) is 0 Å². The molecular weight excluding hydrogens is 282 g/mol. The number of nitrogens with one attached hydrogen (secondary N) is 1. The van der Waals surface area contributed by atoms with E-state index >= 15 is 0 Å². The number of aryl methyl sites for hydroxylation is 1. The molecule has 0 aliphatic carbocycles. The van der Waals surface area contributed by atoms with Gasteiger partial charge in [-0.25, -0.2) is 13.1 Å². The fraction of sp³-hybridized carbons (Fsp3) is 0.500. The van der Waals surface area contributed by atoms with Crippen LogP contribution in [0.5, 0.6) is 0 Å². The van der Waals surface area contributed by atoms with Crippen molar-refractivity contribution >= 4 is 15.7 Å². The minimum absolute atomic E-state index is 0.0233. The zero-order chi connectivity index (χ0) is 15.5. The Kier molecular flexibility index (Phi) is 5.21. The van der Waals surface area contributed by atoms with Gasteiger partial charge in [0.05, 0.1) is 9.82 Å². The Balaban J connectivity index is 3.16. The third kappa shape index (κ3) is 3.75. The maximum absolute atomic E-state index is 12.2. The highest BCUT2D eigenvalue weighted by molar-refractivity contribution is 7.89. The molecule has 3 N–H and O–H groups in total. The summed E-state index contributed by atoms with van der Waals surface area (Å²) in [6, 6.07) is 3.41. The van der Waals surface area contributed by atoms with Gasteiger partial charge in [0.2, 0.25) is 10.0 Å². The molecule has 0 aromatic heterocycles.